The molecule has 0 aromatic carbocycles. The maximum Gasteiger partial charge on any atom is 0.293 e. The molecule has 0 heterocycles. The van der Waals surface area contributed by atoms with Gasteiger partial charge in [-0.25, -0.2) is 0 Å². The van der Waals surface area contributed by atoms with Gasteiger partial charge >= 0.3 is 0 Å². The average Bonchev–Trinajstić information content (AvgIpc) is 1.66. The van der Waals surface area contributed by atoms with Gasteiger partial charge in [-0.3, -0.25) is 9.59 Å². The first kappa shape index (κ1) is 6.94. The zero-order valence-corrected chi connectivity index (χ0v) is 4.29. The quantitative estimate of drug-likeness (QED) is 0.380. The highest BCUT2D eigenvalue weighted by Crippen LogP contribution is 1.74. The minimum atomic E-state index is -0.466. The maximum absolute atomic E-state index is 9.90. The van der Waals surface area contributed by atoms with Crippen molar-refractivity contribution in [3.8, 4) is 0 Å². The van der Waals surface area contributed by atoms with Crippen LogP contribution in [0.5, 0.6) is 0 Å². The molecule has 0 atom stereocenters. The second-order valence-electron chi connectivity index (χ2n) is 1.18. The lowest BCUT2D eigenvalue weighted by molar-refractivity contribution is -0.130. The van der Waals surface area contributed by atoms with Gasteiger partial charge in [0.25, 0.3) is 6.47 Å². The van der Waals surface area contributed by atoms with E-state index in [1.807, 2.05) is 0 Å². The number of rotatable bonds is 4. The van der Waals surface area contributed by atoms with Crippen molar-refractivity contribution in [2.45, 2.75) is 6.42 Å². The van der Waals surface area contributed by atoms with Gasteiger partial charge in [-0.2, -0.15) is 0 Å². The highest BCUT2D eigenvalue weighted by Gasteiger charge is 1.90. The van der Waals surface area contributed by atoms with Crippen molar-refractivity contribution in [3.05, 3.63) is 0 Å². The Hall–Kier alpha value is -1.06. The Balaban J connectivity index is 2.93. The molecule has 0 spiro atoms. The van der Waals surface area contributed by atoms with E-state index >= 15 is 0 Å². The number of primary amides is 1. The molecule has 4 heteroatoms. The van der Waals surface area contributed by atoms with Crippen LogP contribution in [-0.4, -0.2) is 19.0 Å². The van der Waals surface area contributed by atoms with Crippen molar-refractivity contribution in [1.82, 2.24) is 0 Å². The molecule has 0 aliphatic carbocycles. The van der Waals surface area contributed by atoms with Crippen molar-refractivity contribution < 1.29 is 14.3 Å². The fourth-order valence-electron chi connectivity index (χ4n) is 0.208. The van der Waals surface area contributed by atoms with Gasteiger partial charge in [0.15, 0.2) is 0 Å². The van der Waals surface area contributed by atoms with Crippen LogP contribution < -0.4 is 5.73 Å². The molecule has 0 radical (unpaired) electrons. The summed E-state index contributed by atoms with van der Waals surface area (Å²) in [5, 5.41) is 0. The van der Waals surface area contributed by atoms with E-state index in [4.69, 9.17) is 5.73 Å². The van der Waals surface area contributed by atoms with Crippen molar-refractivity contribution >= 4 is 12.4 Å². The summed E-state index contributed by atoms with van der Waals surface area (Å²) in [4.78, 5) is 19.3. The van der Waals surface area contributed by atoms with Crippen LogP contribution in [0, 0.1) is 0 Å². The molecule has 0 aliphatic rings. The Kier molecular flexibility index (Phi) is 3.56. The number of carbonyl (C=O) groups is 2. The zero-order valence-electron chi connectivity index (χ0n) is 4.29. The normalized spacial score (nSPS) is 8.00. The van der Waals surface area contributed by atoms with Crippen LogP contribution in [0.15, 0.2) is 0 Å². The smallest absolute Gasteiger partial charge is 0.293 e. The molecule has 1 amide bonds. The largest absolute Gasteiger partial charge is 0.467 e. The first-order chi connectivity index (χ1) is 3.77. The summed E-state index contributed by atoms with van der Waals surface area (Å²) in [6, 6.07) is 0. The summed E-state index contributed by atoms with van der Waals surface area (Å²) in [5.41, 5.74) is 4.70. The molecule has 0 unspecified atom stereocenters. The first-order valence-corrected chi connectivity index (χ1v) is 2.11. The van der Waals surface area contributed by atoms with Gasteiger partial charge in [-0.1, -0.05) is 0 Å². The van der Waals surface area contributed by atoms with Crippen LogP contribution >= 0.6 is 0 Å². The van der Waals surface area contributed by atoms with E-state index < -0.39 is 5.91 Å². The fraction of sp³-hybridized carbons (Fsp3) is 0.500. The van der Waals surface area contributed by atoms with Gasteiger partial charge in [0.2, 0.25) is 5.91 Å². The van der Waals surface area contributed by atoms with Crippen LogP contribution in [-0.2, 0) is 14.3 Å². The Morgan fingerprint density at radius 3 is 2.75 bits per heavy atom. The van der Waals surface area contributed by atoms with Crippen LogP contribution in [0.25, 0.3) is 0 Å². The zero-order chi connectivity index (χ0) is 6.41. The van der Waals surface area contributed by atoms with Crippen LogP contribution in [0.1, 0.15) is 6.42 Å². The number of hydrogen-bond acceptors (Lipinski definition) is 3. The van der Waals surface area contributed by atoms with Crippen molar-refractivity contribution in [3.63, 3.8) is 0 Å². The van der Waals surface area contributed by atoms with Gasteiger partial charge in [-0.05, 0) is 0 Å². The van der Waals surface area contributed by atoms with E-state index in [0.29, 0.717) is 0 Å². The van der Waals surface area contributed by atoms with Crippen molar-refractivity contribution in [1.29, 1.82) is 0 Å². The molecule has 0 fully saturated rings. The lowest BCUT2D eigenvalue weighted by Gasteiger charge is -1.90. The second-order valence-corrected chi connectivity index (χ2v) is 1.18. The number of hydrogen-bond donors (Lipinski definition) is 1. The number of ether oxygens (including phenoxy) is 1. The molecular weight excluding hydrogens is 110 g/mol. The molecular formula is C4H7NO3. The Bertz CT molecular complexity index is 91.3. The highest BCUT2D eigenvalue weighted by atomic mass is 16.5. The summed E-state index contributed by atoms with van der Waals surface area (Å²) in [6.07, 6.45) is 0.0960. The topological polar surface area (TPSA) is 69.4 Å². The maximum atomic E-state index is 9.90. The Morgan fingerprint density at radius 1 is 1.75 bits per heavy atom. The standard InChI is InChI=1S/C4H7NO3/c5-4(7)1-2-8-3-6/h3H,1-2H2,(H2,5,7). The van der Waals surface area contributed by atoms with Crippen molar-refractivity contribution in [2.75, 3.05) is 6.61 Å². The lowest BCUT2D eigenvalue weighted by atomic mass is 10.4. The van der Waals surface area contributed by atoms with Gasteiger partial charge in [0.1, 0.15) is 0 Å². The molecule has 0 saturated heterocycles. The van der Waals surface area contributed by atoms with Gasteiger partial charge in [0, 0.05) is 0 Å². The van der Waals surface area contributed by atoms with E-state index in [1.165, 1.54) is 0 Å². The molecule has 0 aromatic rings. The van der Waals surface area contributed by atoms with E-state index in [-0.39, 0.29) is 19.5 Å². The summed E-state index contributed by atoms with van der Waals surface area (Å²) in [6.45, 7) is 0.363. The summed E-state index contributed by atoms with van der Waals surface area (Å²) in [5.74, 6) is -0.466. The number of carbonyl (C=O) groups excluding carboxylic acids is 2. The summed E-state index contributed by atoms with van der Waals surface area (Å²) in [7, 11) is 0. The molecule has 0 bridgehead atoms. The molecule has 0 saturated carbocycles. The molecule has 0 rings (SSSR count). The van der Waals surface area contributed by atoms with Crippen LogP contribution in [0.4, 0.5) is 0 Å². The second kappa shape index (κ2) is 4.11. The number of amides is 1. The van der Waals surface area contributed by atoms with E-state index in [1.54, 1.807) is 0 Å². The SMILES string of the molecule is NC(=O)CCOC=O. The van der Waals surface area contributed by atoms with Crippen LogP contribution in [0.2, 0.25) is 0 Å². The molecule has 2 N–H and O–H groups in total. The summed E-state index contributed by atoms with van der Waals surface area (Å²) >= 11 is 0. The minimum absolute atomic E-state index is 0.0822. The monoisotopic (exact) mass is 117 g/mol. The van der Waals surface area contributed by atoms with Gasteiger partial charge in [0.05, 0.1) is 13.0 Å². The van der Waals surface area contributed by atoms with Gasteiger partial charge < -0.3 is 10.5 Å². The van der Waals surface area contributed by atoms with E-state index in [0.717, 1.165) is 0 Å². The van der Waals surface area contributed by atoms with E-state index in [9.17, 15) is 9.59 Å². The summed E-state index contributed by atoms with van der Waals surface area (Å²) < 4.78 is 4.16. The van der Waals surface area contributed by atoms with Gasteiger partial charge in [-0.15, -0.1) is 0 Å². The molecule has 46 valence electrons. The third kappa shape index (κ3) is 4.94. The molecule has 8 heavy (non-hydrogen) atoms. The number of nitrogens with two attached hydrogens (primary N) is 1. The van der Waals surface area contributed by atoms with Crippen molar-refractivity contribution in [2.24, 2.45) is 5.73 Å². The first-order valence-electron chi connectivity index (χ1n) is 2.11. The fourth-order valence-corrected chi connectivity index (χ4v) is 0.208. The Morgan fingerprint density at radius 2 is 2.38 bits per heavy atom. The molecule has 4 nitrogen and oxygen atoms in total. The average molecular weight is 117 g/mol. The third-order valence-corrected chi connectivity index (χ3v) is 0.534. The predicted octanol–water partition coefficient (Wildman–Crippen LogP) is -0.965. The predicted molar refractivity (Wildman–Crippen MR) is 25.8 cm³/mol. The van der Waals surface area contributed by atoms with Crippen LogP contribution in [0.3, 0.4) is 0 Å². The third-order valence-electron chi connectivity index (χ3n) is 0.534. The molecule has 0 aromatic heterocycles. The van der Waals surface area contributed by atoms with E-state index in [2.05, 4.69) is 4.74 Å². The molecule has 0 aliphatic heterocycles. The minimum Gasteiger partial charge on any atom is -0.467 e. The highest BCUT2D eigenvalue weighted by molar-refractivity contribution is 5.73. The Labute approximate surface area is 46.6 Å². The lowest BCUT2D eigenvalue weighted by Crippen LogP contribution is -2.12.